The zero-order chi connectivity index (χ0) is 25.2. The summed E-state index contributed by atoms with van der Waals surface area (Å²) in [6.07, 6.45) is 4.78. The molecule has 0 spiro atoms. The van der Waals surface area contributed by atoms with Crippen LogP contribution in [0.5, 0.6) is 0 Å². The predicted molar refractivity (Wildman–Crippen MR) is 132 cm³/mol. The van der Waals surface area contributed by atoms with E-state index >= 15 is 4.39 Å². The summed E-state index contributed by atoms with van der Waals surface area (Å²) < 4.78 is 27.8. The van der Waals surface area contributed by atoms with Crippen LogP contribution in [-0.4, -0.2) is 66.7 Å². The lowest BCUT2D eigenvalue weighted by Gasteiger charge is -2.36. The average Bonchev–Trinajstić information content (AvgIpc) is 3.62. The molecule has 0 aliphatic carbocycles. The molecule has 2 saturated heterocycles. The molecule has 10 heteroatoms. The second-order valence-electron chi connectivity index (χ2n) is 9.08. The highest BCUT2D eigenvalue weighted by atomic mass is 19.1. The van der Waals surface area contributed by atoms with Crippen molar-refractivity contribution < 1.29 is 23.1 Å². The lowest BCUT2D eigenvalue weighted by molar-refractivity contribution is 0.0714. The Morgan fingerprint density at radius 3 is 2.67 bits per heavy atom. The van der Waals surface area contributed by atoms with Crippen molar-refractivity contribution in [2.24, 2.45) is 0 Å². The minimum Gasteiger partial charge on any atom is -0.459 e. The molecule has 2 amide bonds. The van der Waals surface area contributed by atoms with Gasteiger partial charge in [0.1, 0.15) is 11.4 Å². The molecule has 2 aliphatic rings. The summed E-state index contributed by atoms with van der Waals surface area (Å²) >= 11 is 0. The van der Waals surface area contributed by atoms with Crippen LogP contribution in [0, 0.1) is 5.82 Å². The third-order valence-corrected chi connectivity index (χ3v) is 6.89. The van der Waals surface area contributed by atoms with Gasteiger partial charge in [0.2, 0.25) is 5.43 Å². The summed E-state index contributed by atoms with van der Waals surface area (Å²) in [6, 6.07) is 6.17. The Balaban J connectivity index is 1.37. The van der Waals surface area contributed by atoms with Crippen LogP contribution in [-0.2, 0) is 11.3 Å². The van der Waals surface area contributed by atoms with Gasteiger partial charge in [-0.05, 0) is 44.0 Å². The number of rotatable bonds is 6. The lowest BCUT2D eigenvalue weighted by Crippen LogP contribution is -2.49. The maximum atomic E-state index is 15.3. The van der Waals surface area contributed by atoms with Gasteiger partial charge in [0.25, 0.3) is 11.8 Å². The fourth-order valence-electron chi connectivity index (χ4n) is 4.88. The number of furan rings is 1. The number of amides is 2. The number of anilines is 1. The Hall–Kier alpha value is -3.66. The van der Waals surface area contributed by atoms with Crippen LogP contribution in [0.15, 0.2) is 45.9 Å². The van der Waals surface area contributed by atoms with Crippen LogP contribution in [0.2, 0.25) is 0 Å². The number of piperazine rings is 1. The Labute approximate surface area is 207 Å². The number of ether oxygens (including phenoxy) is 1. The van der Waals surface area contributed by atoms with Crippen molar-refractivity contribution in [2.45, 2.75) is 32.4 Å². The molecular weight excluding hydrogens is 467 g/mol. The summed E-state index contributed by atoms with van der Waals surface area (Å²) in [5.41, 5.74) is 0.409. The first-order chi connectivity index (χ1) is 17.5. The fourth-order valence-corrected chi connectivity index (χ4v) is 4.88. The quantitative estimate of drug-likeness (QED) is 0.564. The molecule has 2 aromatic heterocycles. The molecule has 1 aromatic carbocycles. The molecule has 4 heterocycles. The van der Waals surface area contributed by atoms with Gasteiger partial charge in [-0.3, -0.25) is 14.4 Å². The first-order valence-electron chi connectivity index (χ1n) is 12.3. The van der Waals surface area contributed by atoms with Crippen LogP contribution in [0.25, 0.3) is 10.9 Å². The van der Waals surface area contributed by atoms with Gasteiger partial charge in [0, 0.05) is 57.5 Å². The van der Waals surface area contributed by atoms with Crippen LogP contribution in [0.3, 0.4) is 0 Å². The van der Waals surface area contributed by atoms with Crippen molar-refractivity contribution in [3.63, 3.8) is 0 Å². The summed E-state index contributed by atoms with van der Waals surface area (Å²) in [4.78, 5) is 42.0. The van der Waals surface area contributed by atoms with Crippen molar-refractivity contribution in [3.05, 3.63) is 64.1 Å². The van der Waals surface area contributed by atoms with Crippen molar-refractivity contribution in [3.8, 4) is 0 Å². The predicted octanol–water partition coefficient (Wildman–Crippen LogP) is 2.62. The zero-order valence-electron chi connectivity index (χ0n) is 20.2. The molecule has 1 atom stereocenters. The van der Waals surface area contributed by atoms with E-state index < -0.39 is 17.2 Å². The topological polar surface area (TPSA) is 97.0 Å². The number of aryl methyl sites for hydroxylation is 1. The van der Waals surface area contributed by atoms with Crippen molar-refractivity contribution in [1.29, 1.82) is 0 Å². The highest BCUT2D eigenvalue weighted by Gasteiger charge is 2.26. The Bertz CT molecular complexity index is 1320. The van der Waals surface area contributed by atoms with Crippen LogP contribution < -0.4 is 15.6 Å². The molecule has 5 rings (SSSR count). The molecule has 0 saturated carbocycles. The molecule has 2 fully saturated rings. The highest BCUT2D eigenvalue weighted by Crippen LogP contribution is 2.27. The third kappa shape index (κ3) is 4.60. The zero-order valence-corrected chi connectivity index (χ0v) is 20.2. The number of hydrogen-bond acceptors (Lipinski definition) is 6. The molecule has 3 aromatic rings. The minimum atomic E-state index is -0.537. The van der Waals surface area contributed by atoms with E-state index in [9.17, 15) is 14.4 Å². The normalized spacial score (nSPS) is 18.1. The number of nitrogens with zero attached hydrogens (tertiary/aromatic N) is 3. The van der Waals surface area contributed by atoms with E-state index in [4.69, 9.17) is 9.15 Å². The summed E-state index contributed by atoms with van der Waals surface area (Å²) in [6.45, 7) is 5.13. The van der Waals surface area contributed by atoms with Gasteiger partial charge in [-0.2, -0.15) is 0 Å². The van der Waals surface area contributed by atoms with E-state index in [0.29, 0.717) is 57.1 Å². The Kier molecular flexibility index (Phi) is 6.77. The number of carbonyl (C=O) groups excluding carboxylic acids is 2. The second kappa shape index (κ2) is 10.1. The van der Waals surface area contributed by atoms with Crippen molar-refractivity contribution >= 4 is 28.4 Å². The molecule has 0 unspecified atom stereocenters. The number of benzene rings is 1. The molecule has 0 radical (unpaired) electrons. The van der Waals surface area contributed by atoms with E-state index in [0.717, 1.165) is 12.8 Å². The SMILES string of the molecule is CCn1cc(C(=O)NC[C@H]2CCCO2)c(=O)c2cc(F)c(N3CCN(C(=O)c4ccco4)CC3)cc21. The second-order valence-corrected chi connectivity index (χ2v) is 9.08. The number of halogens is 1. The molecule has 1 N–H and O–H groups in total. The van der Waals surface area contributed by atoms with Crippen molar-refractivity contribution in [1.82, 2.24) is 14.8 Å². The number of carbonyl (C=O) groups is 2. The Morgan fingerprint density at radius 2 is 2.00 bits per heavy atom. The minimum absolute atomic E-state index is 0.0143. The summed E-state index contributed by atoms with van der Waals surface area (Å²) in [5.74, 6) is -0.932. The van der Waals surface area contributed by atoms with Gasteiger partial charge in [-0.15, -0.1) is 0 Å². The van der Waals surface area contributed by atoms with E-state index in [1.807, 2.05) is 11.8 Å². The Morgan fingerprint density at radius 1 is 1.19 bits per heavy atom. The fraction of sp³-hybridized carbons (Fsp3) is 0.423. The first-order valence-corrected chi connectivity index (χ1v) is 12.3. The van der Waals surface area contributed by atoms with E-state index in [2.05, 4.69) is 5.32 Å². The van der Waals surface area contributed by atoms with Crippen LogP contribution in [0.1, 0.15) is 40.7 Å². The maximum Gasteiger partial charge on any atom is 0.289 e. The largest absolute Gasteiger partial charge is 0.459 e. The monoisotopic (exact) mass is 496 g/mol. The van der Waals surface area contributed by atoms with Crippen LogP contribution in [0.4, 0.5) is 10.1 Å². The van der Waals surface area contributed by atoms with Gasteiger partial charge in [-0.1, -0.05) is 0 Å². The van der Waals surface area contributed by atoms with E-state index in [1.54, 1.807) is 27.7 Å². The molecular formula is C26H29FN4O5. The standard InChI is InChI=1S/C26H29FN4O5/c1-2-29-16-19(25(33)28-15-17-5-3-11-35-17)24(32)18-13-20(27)22(14-21(18)29)30-7-9-31(10-8-30)26(34)23-6-4-12-36-23/h4,6,12-14,16-17H,2-3,5,7-11,15H2,1H3,(H,28,33)/t17-/m1/s1. The number of nitrogens with one attached hydrogen (secondary N) is 1. The molecule has 2 aliphatic heterocycles. The number of hydrogen-bond donors (Lipinski definition) is 1. The van der Waals surface area contributed by atoms with Crippen LogP contribution >= 0.6 is 0 Å². The highest BCUT2D eigenvalue weighted by molar-refractivity contribution is 5.98. The molecule has 190 valence electrons. The van der Waals surface area contributed by atoms with Gasteiger partial charge in [0.05, 0.1) is 23.6 Å². The maximum absolute atomic E-state index is 15.3. The molecule has 9 nitrogen and oxygen atoms in total. The van der Waals surface area contributed by atoms with Gasteiger partial charge in [0.15, 0.2) is 5.76 Å². The van der Waals surface area contributed by atoms with E-state index in [1.165, 1.54) is 18.5 Å². The lowest BCUT2D eigenvalue weighted by atomic mass is 10.1. The number of fused-ring (bicyclic) bond motifs is 1. The van der Waals surface area contributed by atoms with Gasteiger partial charge < -0.3 is 28.8 Å². The van der Waals surface area contributed by atoms with Gasteiger partial charge in [-0.25, -0.2) is 4.39 Å². The average molecular weight is 497 g/mol. The third-order valence-electron chi connectivity index (χ3n) is 6.89. The van der Waals surface area contributed by atoms with E-state index in [-0.39, 0.29) is 28.7 Å². The van der Waals surface area contributed by atoms with Crippen molar-refractivity contribution in [2.75, 3.05) is 44.2 Å². The summed E-state index contributed by atoms with van der Waals surface area (Å²) in [5, 5.41) is 2.94. The van der Waals surface area contributed by atoms with Gasteiger partial charge >= 0.3 is 0 Å². The summed E-state index contributed by atoms with van der Waals surface area (Å²) in [7, 11) is 0. The molecule has 0 bridgehead atoms. The number of pyridine rings is 1. The smallest absolute Gasteiger partial charge is 0.289 e. The number of aromatic nitrogens is 1. The molecule has 36 heavy (non-hydrogen) atoms. The first kappa shape index (κ1) is 24.1.